The third-order valence-electron chi connectivity index (χ3n) is 6.53. The van der Waals surface area contributed by atoms with Gasteiger partial charge in [-0.05, 0) is 42.4 Å². The number of hydrogen-bond donors (Lipinski definition) is 1. The summed E-state index contributed by atoms with van der Waals surface area (Å²) in [5.41, 5.74) is 2.44. The van der Waals surface area contributed by atoms with Gasteiger partial charge in [-0.2, -0.15) is 0 Å². The van der Waals surface area contributed by atoms with Crippen molar-refractivity contribution in [2.24, 2.45) is 11.8 Å². The Morgan fingerprint density at radius 3 is 2.44 bits per heavy atom. The number of hydrogen-bond acceptors (Lipinski definition) is 4. The van der Waals surface area contributed by atoms with Crippen molar-refractivity contribution < 1.29 is 9.84 Å². The van der Waals surface area contributed by atoms with Gasteiger partial charge >= 0.3 is 0 Å². The monoisotopic (exact) mass is 366 g/mol. The van der Waals surface area contributed by atoms with Crippen molar-refractivity contribution in [2.45, 2.75) is 37.7 Å². The number of fused-ring (bicyclic) bond motifs is 1. The smallest absolute Gasteiger partial charge is 0.133 e. The molecule has 1 aliphatic heterocycles. The number of aromatic nitrogens is 1. The van der Waals surface area contributed by atoms with Crippen LogP contribution in [-0.4, -0.2) is 47.3 Å². The van der Waals surface area contributed by atoms with E-state index >= 15 is 0 Å². The molecular weight excluding hydrogens is 336 g/mol. The molecule has 1 aliphatic carbocycles. The van der Waals surface area contributed by atoms with Crippen LogP contribution in [0, 0.1) is 11.8 Å². The first-order valence-corrected chi connectivity index (χ1v) is 10.0. The number of nitrogens with zero attached hydrogens (tertiary/aromatic N) is 2. The molecule has 1 aromatic heterocycles. The van der Waals surface area contributed by atoms with Crippen LogP contribution in [0.1, 0.15) is 36.9 Å². The summed E-state index contributed by atoms with van der Waals surface area (Å²) in [6.45, 7) is 5.58. The number of rotatable bonds is 6. The molecule has 0 amide bonds. The second-order valence-electron chi connectivity index (χ2n) is 8.54. The Labute approximate surface area is 162 Å². The van der Waals surface area contributed by atoms with Crippen molar-refractivity contribution >= 4 is 0 Å². The Bertz CT molecular complexity index is 733. The summed E-state index contributed by atoms with van der Waals surface area (Å²) in [6.07, 6.45) is 4.88. The highest BCUT2D eigenvalue weighted by Crippen LogP contribution is 2.47. The van der Waals surface area contributed by atoms with Crippen molar-refractivity contribution in [3.05, 3.63) is 59.9 Å². The highest BCUT2D eigenvalue weighted by atomic mass is 16.5. The molecule has 2 aliphatic rings. The van der Waals surface area contributed by atoms with Gasteiger partial charge in [-0.3, -0.25) is 4.98 Å². The average Bonchev–Trinajstić information content (AvgIpc) is 3.18. The van der Waals surface area contributed by atoms with Crippen LogP contribution < -0.4 is 0 Å². The highest BCUT2D eigenvalue weighted by molar-refractivity contribution is 5.21. The summed E-state index contributed by atoms with van der Waals surface area (Å²) in [7, 11) is 1.89. The molecule has 1 saturated heterocycles. The van der Waals surface area contributed by atoms with E-state index in [1.165, 1.54) is 5.56 Å². The maximum absolute atomic E-state index is 9.43. The van der Waals surface area contributed by atoms with Gasteiger partial charge in [0.1, 0.15) is 5.75 Å². The molecule has 1 aromatic carbocycles. The molecule has 0 radical (unpaired) electrons. The summed E-state index contributed by atoms with van der Waals surface area (Å²) in [5, 5.41) is 9.43. The number of methoxy groups -OCH3 is 1. The Morgan fingerprint density at radius 2 is 1.85 bits per heavy atom. The van der Waals surface area contributed by atoms with E-state index in [9.17, 15) is 5.11 Å². The number of pyridine rings is 1. The zero-order chi connectivity index (χ0) is 18.9. The summed E-state index contributed by atoms with van der Waals surface area (Å²) in [4.78, 5) is 6.97. The average molecular weight is 367 g/mol. The van der Waals surface area contributed by atoms with Crippen molar-refractivity contribution in [1.82, 2.24) is 9.88 Å². The maximum atomic E-state index is 9.43. The molecule has 144 valence electrons. The molecule has 2 unspecified atom stereocenters. The molecule has 1 saturated carbocycles. The fourth-order valence-electron chi connectivity index (χ4n) is 5.21. The van der Waals surface area contributed by atoms with Crippen LogP contribution in [0.3, 0.4) is 0 Å². The predicted octanol–water partition coefficient (Wildman–Crippen LogP) is 3.86. The molecule has 0 bridgehead atoms. The largest absolute Gasteiger partial charge is 0.506 e. The molecule has 2 fully saturated rings. The standard InChI is InChI=1S/C23H30N2O2/c1-17(22-9-8-21(26)13-24-22)14-25-15-19-11-23(27-2,12-20(19)16-25)10-18-6-4-3-5-7-18/h3-9,13,17,19-20,26H,10-12,14-16H2,1-2H3/t17?,19-,20+,23?. The summed E-state index contributed by atoms with van der Waals surface area (Å²) >= 11 is 0. The lowest BCUT2D eigenvalue weighted by Crippen LogP contribution is -2.35. The van der Waals surface area contributed by atoms with E-state index in [-0.39, 0.29) is 11.4 Å². The van der Waals surface area contributed by atoms with Crippen molar-refractivity contribution in [2.75, 3.05) is 26.7 Å². The van der Waals surface area contributed by atoms with E-state index in [1.807, 2.05) is 13.2 Å². The van der Waals surface area contributed by atoms with E-state index < -0.39 is 0 Å². The third kappa shape index (κ3) is 4.02. The highest BCUT2D eigenvalue weighted by Gasteiger charge is 2.49. The number of benzene rings is 1. The first-order valence-electron chi connectivity index (χ1n) is 10.0. The van der Waals surface area contributed by atoms with E-state index in [0.29, 0.717) is 5.92 Å². The zero-order valence-corrected chi connectivity index (χ0v) is 16.3. The van der Waals surface area contributed by atoms with Crippen molar-refractivity contribution in [1.29, 1.82) is 0 Å². The first-order chi connectivity index (χ1) is 13.1. The van der Waals surface area contributed by atoms with E-state index in [0.717, 1.165) is 56.4 Å². The second kappa shape index (κ2) is 7.61. The molecule has 4 rings (SSSR count). The number of ether oxygens (including phenoxy) is 1. The Kier molecular flexibility index (Phi) is 5.20. The molecule has 2 heterocycles. The SMILES string of the molecule is COC1(Cc2ccccc2)C[C@H]2CN(CC(C)c3ccc(O)cn3)C[C@H]2C1. The molecule has 4 atom stereocenters. The molecule has 4 nitrogen and oxygen atoms in total. The van der Waals surface area contributed by atoms with Gasteiger partial charge in [0.2, 0.25) is 0 Å². The van der Waals surface area contributed by atoms with Gasteiger partial charge in [-0.1, -0.05) is 37.3 Å². The molecule has 1 N–H and O–H groups in total. The zero-order valence-electron chi connectivity index (χ0n) is 16.3. The van der Waals surface area contributed by atoms with Gasteiger partial charge < -0.3 is 14.7 Å². The lowest BCUT2D eigenvalue weighted by molar-refractivity contribution is -0.0131. The number of aromatic hydroxyl groups is 1. The van der Waals surface area contributed by atoms with E-state index in [1.54, 1.807) is 12.3 Å². The Hall–Kier alpha value is -1.91. The van der Waals surface area contributed by atoms with Crippen LogP contribution in [0.4, 0.5) is 0 Å². The molecule has 2 aromatic rings. The van der Waals surface area contributed by atoms with Crippen LogP contribution in [0.15, 0.2) is 48.7 Å². The van der Waals surface area contributed by atoms with Crippen LogP contribution >= 0.6 is 0 Å². The van der Waals surface area contributed by atoms with Gasteiger partial charge in [-0.25, -0.2) is 0 Å². The number of likely N-dealkylation sites (tertiary alicyclic amines) is 1. The summed E-state index contributed by atoms with van der Waals surface area (Å²) < 4.78 is 6.08. The maximum Gasteiger partial charge on any atom is 0.133 e. The van der Waals surface area contributed by atoms with E-state index in [4.69, 9.17) is 4.74 Å². The Morgan fingerprint density at radius 1 is 1.15 bits per heavy atom. The summed E-state index contributed by atoms with van der Waals surface area (Å²) in [6, 6.07) is 14.4. The van der Waals surface area contributed by atoms with Crippen molar-refractivity contribution in [3.8, 4) is 5.75 Å². The van der Waals surface area contributed by atoms with Gasteiger partial charge in [-0.15, -0.1) is 0 Å². The molecular formula is C23H30N2O2. The summed E-state index contributed by atoms with van der Waals surface area (Å²) in [5.74, 6) is 2.07. The molecule has 27 heavy (non-hydrogen) atoms. The van der Waals surface area contributed by atoms with Crippen LogP contribution in [0.25, 0.3) is 0 Å². The molecule has 4 heteroatoms. The van der Waals surface area contributed by atoms with Gasteiger partial charge in [0, 0.05) is 44.8 Å². The normalized spacial score (nSPS) is 29.0. The minimum atomic E-state index is 0.00685. The third-order valence-corrected chi connectivity index (χ3v) is 6.53. The van der Waals surface area contributed by atoms with Gasteiger partial charge in [0.05, 0.1) is 11.8 Å². The minimum Gasteiger partial charge on any atom is -0.506 e. The lowest BCUT2D eigenvalue weighted by atomic mass is 9.91. The van der Waals surface area contributed by atoms with Crippen molar-refractivity contribution in [3.63, 3.8) is 0 Å². The van der Waals surface area contributed by atoms with Crippen LogP contribution in [-0.2, 0) is 11.2 Å². The van der Waals surface area contributed by atoms with Gasteiger partial charge in [0.15, 0.2) is 0 Å². The van der Waals surface area contributed by atoms with Crippen LogP contribution in [0.5, 0.6) is 5.75 Å². The fourth-order valence-corrected chi connectivity index (χ4v) is 5.21. The minimum absolute atomic E-state index is 0.00685. The first kappa shape index (κ1) is 18.5. The predicted molar refractivity (Wildman–Crippen MR) is 107 cm³/mol. The topological polar surface area (TPSA) is 45.6 Å². The Balaban J connectivity index is 1.35. The van der Waals surface area contributed by atoms with Crippen LogP contribution in [0.2, 0.25) is 0 Å². The van der Waals surface area contributed by atoms with E-state index in [2.05, 4.69) is 47.1 Å². The lowest BCUT2D eigenvalue weighted by Gasteiger charge is -2.31. The second-order valence-corrected chi connectivity index (χ2v) is 8.54. The quantitative estimate of drug-likeness (QED) is 0.843. The fraction of sp³-hybridized carbons (Fsp3) is 0.522. The molecule has 0 spiro atoms. The van der Waals surface area contributed by atoms with Gasteiger partial charge in [0.25, 0.3) is 0 Å².